The number of nitrogens with one attached hydrogen (secondary N) is 1. The largest absolute Gasteiger partial charge is 0.369 e. The van der Waals surface area contributed by atoms with Gasteiger partial charge in [0.1, 0.15) is 11.6 Å². The third-order valence-corrected chi connectivity index (χ3v) is 5.40. The summed E-state index contributed by atoms with van der Waals surface area (Å²) in [6.45, 7) is 5.02. The molecule has 0 atom stereocenters. The Bertz CT molecular complexity index is 839. The van der Waals surface area contributed by atoms with Crippen molar-refractivity contribution in [3.05, 3.63) is 23.1 Å². The van der Waals surface area contributed by atoms with Crippen LogP contribution >= 0.6 is 11.8 Å². The first-order valence-corrected chi connectivity index (χ1v) is 9.74. The molecule has 2 aliphatic rings. The highest BCUT2D eigenvalue weighted by molar-refractivity contribution is 8.16. The lowest BCUT2D eigenvalue weighted by Crippen LogP contribution is -2.30. The molecular weight excluding hydrogens is 334 g/mol. The molecule has 0 bridgehead atoms. The van der Waals surface area contributed by atoms with E-state index >= 15 is 0 Å². The molecule has 25 heavy (non-hydrogen) atoms. The molecule has 1 N–H and O–H groups in total. The van der Waals surface area contributed by atoms with Gasteiger partial charge < -0.3 is 10.2 Å². The topological polar surface area (TPSA) is 71.2 Å². The SMILES string of the molecule is CCCc1nc(NCCC2=CSC3=NCCCN23)c2cnn(C)c2n1. The summed E-state index contributed by atoms with van der Waals surface area (Å²) in [5.74, 6) is 1.77. The highest BCUT2D eigenvalue weighted by atomic mass is 32.2. The maximum atomic E-state index is 4.71. The minimum absolute atomic E-state index is 0.836. The van der Waals surface area contributed by atoms with E-state index in [1.54, 1.807) is 11.8 Å². The Morgan fingerprint density at radius 1 is 1.28 bits per heavy atom. The van der Waals surface area contributed by atoms with Crippen LogP contribution in [-0.2, 0) is 13.5 Å². The number of thioether (sulfide) groups is 1. The van der Waals surface area contributed by atoms with Crippen molar-refractivity contribution in [2.75, 3.05) is 25.0 Å². The van der Waals surface area contributed by atoms with Crippen molar-refractivity contribution < 1.29 is 0 Å². The van der Waals surface area contributed by atoms with Crippen molar-refractivity contribution in [1.82, 2.24) is 24.6 Å². The molecule has 8 heteroatoms. The monoisotopic (exact) mass is 357 g/mol. The summed E-state index contributed by atoms with van der Waals surface area (Å²) in [5, 5.41) is 12.2. The van der Waals surface area contributed by atoms with Crippen molar-refractivity contribution in [3.63, 3.8) is 0 Å². The van der Waals surface area contributed by atoms with Crippen LogP contribution in [0.4, 0.5) is 5.82 Å². The lowest BCUT2D eigenvalue weighted by molar-refractivity contribution is 0.473. The number of hydrogen-bond donors (Lipinski definition) is 1. The highest BCUT2D eigenvalue weighted by Crippen LogP contribution is 2.30. The molecule has 2 aliphatic heterocycles. The van der Waals surface area contributed by atoms with Crippen LogP contribution < -0.4 is 5.32 Å². The molecule has 7 nitrogen and oxygen atoms in total. The molecule has 0 aromatic carbocycles. The van der Waals surface area contributed by atoms with Gasteiger partial charge in [0.2, 0.25) is 0 Å². The van der Waals surface area contributed by atoms with Gasteiger partial charge in [0.05, 0.1) is 11.6 Å². The van der Waals surface area contributed by atoms with Crippen LogP contribution in [0.15, 0.2) is 22.3 Å². The smallest absolute Gasteiger partial charge is 0.167 e. The van der Waals surface area contributed by atoms with Crippen LogP contribution in [0, 0.1) is 0 Å². The molecule has 0 amide bonds. The fourth-order valence-electron chi connectivity index (χ4n) is 3.18. The van der Waals surface area contributed by atoms with E-state index in [0.29, 0.717) is 0 Å². The Morgan fingerprint density at radius 2 is 2.20 bits per heavy atom. The van der Waals surface area contributed by atoms with Crippen molar-refractivity contribution in [2.45, 2.75) is 32.6 Å². The van der Waals surface area contributed by atoms with Crippen molar-refractivity contribution in [2.24, 2.45) is 12.0 Å². The zero-order chi connectivity index (χ0) is 17.2. The molecule has 0 saturated heterocycles. The number of aryl methyl sites for hydroxylation is 2. The lowest BCUT2D eigenvalue weighted by Gasteiger charge is -2.25. The number of aromatic nitrogens is 4. The Morgan fingerprint density at radius 3 is 3.08 bits per heavy atom. The fraction of sp³-hybridized carbons (Fsp3) is 0.529. The quantitative estimate of drug-likeness (QED) is 0.857. The summed E-state index contributed by atoms with van der Waals surface area (Å²) in [7, 11) is 1.92. The van der Waals surface area contributed by atoms with Gasteiger partial charge in [-0.15, -0.1) is 0 Å². The maximum absolute atomic E-state index is 4.71. The molecule has 4 rings (SSSR count). The van der Waals surface area contributed by atoms with E-state index in [0.717, 1.165) is 73.2 Å². The first-order valence-electron chi connectivity index (χ1n) is 8.86. The van der Waals surface area contributed by atoms with Gasteiger partial charge in [0.25, 0.3) is 0 Å². The zero-order valence-electron chi connectivity index (χ0n) is 14.7. The molecule has 132 valence electrons. The second-order valence-corrected chi connectivity index (χ2v) is 7.15. The van der Waals surface area contributed by atoms with E-state index < -0.39 is 0 Å². The molecule has 2 aromatic heterocycles. The maximum Gasteiger partial charge on any atom is 0.167 e. The number of anilines is 1. The summed E-state index contributed by atoms with van der Waals surface area (Å²) in [6.07, 6.45) is 5.85. The van der Waals surface area contributed by atoms with Crippen LogP contribution in [0.5, 0.6) is 0 Å². The van der Waals surface area contributed by atoms with Crippen LogP contribution in [0.3, 0.4) is 0 Å². The minimum atomic E-state index is 0.836. The van der Waals surface area contributed by atoms with Gasteiger partial charge in [-0.1, -0.05) is 18.7 Å². The molecule has 0 fully saturated rings. The van der Waals surface area contributed by atoms with E-state index in [1.807, 2.05) is 17.9 Å². The molecule has 2 aromatic rings. The molecule has 0 aliphatic carbocycles. The summed E-state index contributed by atoms with van der Waals surface area (Å²) >= 11 is 1.74. The van der Waals surface area contributed by atoms with Crippen molar-refractivity contribution >= 4 is 33.8 Å². The Balaban J connectivity index is 1.47. The predicted molar refractivity (Wildman–Crippen MR) is 103 cm³/mol. The van der Waals surface area contributed by atoms with E-state index in [1.165, 1.54) is 5.70 Å². The Hall–Kier alpha value is -2.09. The standard InChI is InChI=1S/C17H23N7S/c1-3-5-14-21-15(13-10-20-23(2)16(13)22-14)18-8-6-12-11-25-17-19-7-4-9-24(12)17/h10-11H,3-9H2,1-2H3,(H,18,21,22). The van der Waals surface area contributed by atoms with Gasteiger partial charge in [-0.25, -0.2) is 9.97 Å². The van der Waals surface area contributed by atoms with E-state index in [2.05, 4.69) is 37.6 Å². The minimum Gasteiger partial charge on any atom is -0.369 e. The van der Waals surface area contributed by atoms with Gasteiger partial charge in [0, 0.05) is 45.2 Å². The van der Waals surface area contributed by atoms with Crippen molar-refractivity contribution in [3.8, 4) is 0 Å². The van der Waals surface area contributed by atoms with Gasteiger partial charge in [0.15, 0.2) is 10.8 Å². The molecule has 0 radical (unpaired) electrons. The molecule has 0 spiro atoms. The summed E-state index contributed by atoms with van der Waals surface area (Å²) in [4.78, 5) is 16.3. The van der Waals surface area contributed by atoms with E-state index in [9.17, 15) is 0 Å². The highest BCUT2D eigenvalue weighted by Gasteiger charge is 2.24. The number of rotatable bonds is 6. The lowest BCUT2D eigenvalue weighted by atomic mass is 10.2. The average Bonchev–Trinajstić information content (AvgIpc) is 3.20. The molecule has 4 heterocycles. The van der Waals surface area contributed by atoms with Gasteiger partial charge >= 0.3 is 0 Å². The third-order valence-electron chi connectivity index (χ3n) is 4.45. The van der Waals surface area contributed by atoms with Crippen LogP contribution in [0.25, 0.3) is 11.0 Å². The third kappa shape index (κ3) is 3.22. The summed E-state index contributed by atoms with van der Waals surface area (Å²) < 4.78 is 1.81. The average molecular weight is 357 g/mol. The predicted octanol–water partition coefficient (Wildman–Crippen LogP) is 2.77. The number of amidine groups is 1. The Kier molecular flexibility index (Phi) is 4.61. The van der Waals surface area contributed by atoms with Crippen LogP contribution in [-0.4, -0.2) is 49.5 Å². The van der Waals surface area contributed by atoms with Gasteiger partial charge in [-0.2, -0.15) is 5.10 Å². The number of hydrogen-bond acceptors (Lipinski definition) is 7. The Labute approximate surface area is 151 Å². The second kappa shape index (κ2) is 7.03. The summed E-state index contributed by atoms with van der Waals surface area (Å²) in [5.41, 5.74) is 2.24. The summed E-state index contributed by atoms with van der Waals surface area (Å²) in [6, 6.07) is 0. The molecule has 0 unspecified atom stereocenters. The second-order valence-electron chi connectivity index (χ2n) is 6.32. The molecular formula is C17H23N7S. The van der Waals surface area contributed by atoms with E-state index in [-0.39, 0.29) is 0 Å². The first-order chi connectivity index (χ1) is 12.3. The molecule has 0 saturated carbocycles. The van der Waals surface area contributed by atoms with Gasteiger partial charge in [-0.05, 0) is 18.2 Å². The zero-order valence-corrected chi connectivity index (χ0v) is 15.5. The van der Waals surface area contributed by atoms with Crippen LogP contribution in [0.1, 0.15) is 32.0 Å². The van der Waals surface area contributed by atoms with E-state index in [4.69, 9.17) is 4.98 Å². The first kappa shape index (κ1) is 16.4. The normalized spacial score (nSPS) is 16.8. The number of nitrogens with zero attached hydrogens (tertiary/aromatic N) is 6. The number of fused-ring (bicyclic) bond motifs is 2. The fourth-order valence-corrected chi connectivity index (χ4v) is 4.16. The van der Waals surface area contributed by atoms with Crippen LogP contribution in [0.2, 0.25) is 0 Å². The van der Waals surface area contributed by atoms with Crippen molar-refractivity contribution in [1.29, 1.82) is 0 Å². The van der Waals surface area contributed by atoms with Gasteiger partial charge in [-0.3, -0.25) is 9.67 Å². The number of aliphatic imine (C=N–C) groups is 1.